The molecule has 21 heavy (non-hydrogen) atoms. The third-order valence-corrected chi connectivity index (χ3v) is 4.80. The van der Waals surface area contributed by atoms with Crippen LogP contribution >= 0.6 is 0 Å². The van der Waals surface area contributed by atoms with E-state index in [-0.39, 0.29) is 6.10 Å². The Kier molecular flexibility index (Phi) is 5.28. The molecule has 0 saturated carbocycles. The lowest BCUT2D eigenvalue weighted by Gasteiger charge is -2.36. The molecule has 0 radical (unpaired) electrons. The molecule has 0 aromatic heterocycles. The third kappa shape index (κ3) is 3.85. The van der Waals surface area contributed by atoms with Crippen LogP contribution in [0.25, 0.3) is 0 Å². The van der Waals surface area contributed by atoms with Crippen LogP contribution in [0.4, 0.5) is 0 Å². The number of fused-ring (bicyclic) bond motifs is 1. The van der Waals surface area contributed by atoms with Gasteiger partial charge >= 0.3 is 0 Å². The molecular formula is C18H28N2O. The summed E-state index contributed by atoms with van der Waals surface area (Å²) in [6.07, 6.45) is 4.03. The molecule has 1 aromatic carbocycles. The average Bonchev–Trinajstić information content (AvgIpc) is 2.54. The van der Waals surface area contributed by atoms with E-state index >= 15 is 0 Å². The lowest BCUT2D eigenvalue weighted by atomic mass is 9.94. The fourth-order valence-corrected chi connectivity index (χ4v) is 3.69. The summed E-state index contributed by atoms with van der Waals surface area (Å²) in [6, 6.07) is 8.80. The summed E-state index contributed by atoms with van der Waals surface area (Å²) in [5.74, 6) is 0.803. The van der Waals surface area contributed by atoms with Crippen LogP contribution in [0, 0.1) is 5.92 Å². The lowest BCUT2D eigenvalue weighted by Crippen LogP contribution is -2.42. The van der Waals surface area contributed by atoms with Crippen molar-refractivity contribution in [1.29, 1.82) is 0 Å². The summed E-state index contributed by atoms with van der Waals surface area (Å²) in [6.45, 7) is 8.80. The lowest BCUT2D eigenvalue weighted by molar-refractivity contribution is 0.00679. The molecule has 2 heterocycles. The van der Waals surface area contributed by atoms with E-state index < -0.39 is 0 Å². The van der Waals surface area contributed by atoms with Crippen molar-refractivity contribution in [1.82, 2.24) is 10.2 Å². The zero-order valence-corrected chi connectivity index (χ0v) is 13.2. The number of piperidine rings is 1. The number of hydrogen-bond acceptors (Lipinski definition) is 3. The number of ether oxygens (including phenoxy) is 1. The van der Waals surface area contributed by atoms with Crippen LogP contribution in [0.1, 0.15) is 37.0 Å². The average molecular weight is 288 g/mol. The number of hydrogen-bond donors (Lipinski definition) is 1. The normalized spacial score (nSPS) is 26.5. The van der Waals surface area contributed by atoms with Crippen LogP contribution < -0.4 is 5.32 Å². The van der Waals surface area contributed by atoms with E-state index in [2.05, 4.69) is 41.4 Å². The molecule has 116 valence electrons. The summed E-state index contributed by atoms with van der Waals surface area (Å²) in [5, 5.41) is 3.50. The summed E-state index contributed by atoms with van der Waals surface area (Å²) < 4.78 is 6.07. The van der Waals surface area contributed by atoms with E-state index in [0.29, 0.717) is 0 Å². The predicted octanol–water partition coefficient (Wildman–Crippen LogP) is 2.62. The monoisotopic (exact) mass is 288 g/mol. The first-order valence-electron chi connectivity index (χ1n) is 8.49. The van der Waals surface area contributed by atoms with Crippen LogP contribution in [-0.2, 0) is 11.2 Å². The Morgan fingerprint density at radius 2 is 2.24 bits per heavy atom. The van der Waals surface area contributed by atoms with Gasteiger partial charge in [-0.15, -0.1) is 0 Å². The van der Waals surface area contributed by atoms with Gasteiger partial charge in [-0.25, -0.2) is 0 Å². The maximum Gasteiger partial charge on any atom is 0.0954 e. The third-order valence-electron chi connectivity index (χ3n) is 4.80. The molecule has 2 aliphatic heterocycles. The number of rotatable bonds is 5. The summed E-state index contributed by atoms with van der Waals surface area (Å²) in [7, 11) is 0. The number of nitrogens with one attached hydrogen (secondary N) is 1. The van der Waals surface area contributed by atoms with E-state index in [0.717, 1.165) is 38.6 Å². The number of likely N-dealkylation sites (tertiary alicyclic amines) is 1. The number of benzene rings is 1. The SMILES string of the molecule is CCNCC1CCCN(CC2OCCc3ccccc32)C1. The molecule has 1 aromatic rings. The standard InChI is InChI=1S/C18H28N2O/c1-2-19-12-15-6-5-10-20(13-15)14-18-17-8-4-3-7-16(17)9-11-21-18/h3-4,7-8,15,18-19H,2,5-6,9-14H2,1H3. The Morgan fingerprint density at radius 3 is 3.14 bits per heavy atom. The molecule has 1 N–H and O–H groups in total. The van der Waals surface area contributed by atoms with Crippen LogP contribution in [0.5, 0.6) is 0 Å². The van der Waals surface area contributed by atoms with E-state index in [9.17, 15) is 0 Å². The molecule has 3 heteroatoms. The largest absolute Gasteiger partial charge is 0.372 e. The summed E-state index contributed by atoms with van der Waals surface area (Å²) >= 11 is 0. The first kappa shape index (κ1) is 15.0. The minimum Gasteiger partial charge on any atom is -0.372 e. The highest BCUT2D eigenvalue weighted by atomic mass is 16.5. The Morgan fingerprint density at radius 1 is 1.33 bits per heavy atom. The van der Waals surface area contributed by atoms with Gasteiger partial charge in [0.25, 0.3) is 0 Å². The minimum absolute atomic E-state index is 0.271. The Labute approximate surface area is 128 Å². The highest BCUT2D eigenvalue weighted by Crippen LogP contribution is 2.29. The fourth-order valence-electron chi connectivity index (χ4n) is 3.69. The van der Waals surface area contributed by atoms with E-state index in [4.69, 9.17) is 4.74 Å². The molecule has 0 aliphatic carbocycles. The van der Waals surface area contributed by atoms with Crippen LogP contribution in [0.15, 0.2) is 24.3 Å². The van der Waals surface area contributed by atoms with Crippen LogP contribution in [0.2, 0.25) is 0 Å². The first-order chi connectivity index (χ1) is 10.4. The van der Waals surface area contributed by atoms with Gasteiger partial charge in [-0.3, -0.25) is 0 Å². The molecule has 2 unspecified atom stereocenters. The van der Waals surface area contributed by atoms with Gasteiger partial charge in [0.05, 0.1) is 12.7 Å². The Balaban J connectivity index is 1.59. The smallest absolute Gasteiger partial charge is 0.0954 e. The van der Waals surface area contributed by atoms with Crippen molar-refractivity contribution in [3.63, 3.8) is 0 Å². The van der Waals surface area contributed by atoms with Crippen LogP contribution in [-0.4, -0.2) is 44.2 Å². The second-order valence-corrected chi connectivity index (χ2v) is 6.38. The van der Waals surface area contributed by atoms with Crippen molar-refractivity contribution in [2.45, 2.75) is 32.3 Å². The van der Waals surface area contributed by atoms with Crippen molar-refractivity contribution >= 4 is 0 Å². The van der Waals surface area contributed by atoms with Crippen molar-refractivity contribution in [2.75, 3.05) is 39.3 Å². The predicted molar refractivity (Wildman–Crippen MR) is 86.5 cm³/mol. The molecule has 3 rings (SSSR count). The quantitative estimate of drug-likeness (QED) is 0.901. The second-order valence-electron chi connectivity index (χ2n) is 6.38. The van der Waals surface area contributed by atoms with Crippen molar-refractivity contribution in [3.8, 4) is 0 Å². The van der Waals surface area contributed by atoms with Crippen molar-refractivity contribution in [3.05, 3.63) is 35.4 Å². The van der Waals surface area contributed by atoms with Gasteiger partial charge in [0, 0.05) is 13.1 Å². The molecule has 0 bridgehead atoms. The molecule has 0 spiro atoms. The first-order valence-corrected chi connectivity index (χ1v) is 8.49. The van der Waals surface area contributed by atoms with Crippen LogP contribution in [0.3, 0.4) is 0 Å². The van der Waals surface area contributed by atoms with E-state index in [1.165, 1.54) is 37.1 Å². The molecule has 3 nitrogen and oxygen atoms in total. The molecule has 0 amide bonds. The zero-order chi connectivity index (χ0) is 14.5. The van der Waals surface area contributed by atoms with Crippen molar-refractivity contribution in [2.24, 2.45) is 5.92 Å². The molecule has 1 saturated heterocycles. The topological polar surface area (TPSA) is 24.5 Å². The second kappa shape index (κ2) is 7.39. The van der Waals surface area contributed by atoms with Gasteiger partial charge in [0.2, 0.25) is 0 Å². The molecule has 1 fully saturated rings. The zero-order valence-electron chi connectivity index (χ0n) is 13.2. The van der Waals surface area contributed by atoms with E-state index in [1.807, 2.05) is 0 Å². The van der Waals surface area contributed by atoms with Gasteiger partial charge < -0.3 is 15.0 Å². The van der Waals surface area contributed by atoms with Gasteiger partial charge in [0.1, 0.15) is 0 Å². The van der Waals surface area contributed by atoms with Gasteiger partial charge in [0.15, 0.2) is 0 Å². The maximum atomic E-state index is 6.07. The Bertz CT molecular complexity index is 449. The van der Waals surface area contributed by atoms with E-state index in [1.54, 1.807) is 0 Å². The molecule has 2 atom stereocenters. The number of nitrogens with zero attached hydrogens (tertiary/aromatic N) is 1. The van der Waals surface area contributed by atoms with Gasteiger partial charge in [-0.1, -0.05) is 31.2 Å². The highest BCUT2D eigenvalue weighted by molar-refractivity contribution is 5.31. The van der Waals surface area contributed by atoms with Gasteiger partial charge in [-0.05, 0) is 55.9 Å². The van der Waals surface area contributed by atoms with Gasteiger partial charge in [-0.2, -0.15) is 0 Å². The van der Waals surface area contributed by atoms with Crippen molar-refractivity contribution < 1.29 is 4.74 Å². The Hall–Kier alpha value is -0.900. The summed E-state index contributed by atoms with van der Waals surface area (Å²) in [5.41, 5.74) is 2.90. The molecule has 2 aliphatic rings. The highest BCUT2D eigenvalue weighted by Gasteiger charge is 2.26. The summed E-state index contributed by atoms with van der Waals surface area (Å²) in [4.78, 5) is 2.61. The molecular weight excluding hydrogens is 260 g/mol. The maximum absolute atomic E-state index is 6.07. The minimum atomic E-state index is 0.271. The fraction of sp³-hybridized carbons (Fsp3) is 0.667.